The van der Waals surface area contributed by atoms with Crippen LogP contribution in [0.4, 0.5) is 5.95 Å². The van der Waals surface area contributed by atoms with Crippen molar-refractivity contribution >= 4 is 23.6 Å². The Bertz CT molecular complexity index is 578. The molecule has 1 amide bonds. The molecule has 3 N–H and O–H groups in total. The summed E-state index contributed by atoms with van der Waals surface area (Å²) in [6, 6.07) is 0. The molecule has 11 nitrogen and oxygen atoms in total. The maximum absolute atomic E-state index is 10.8. The van der Waals surface area contributed by atoms with Crippen molar-refractivity contribution < 1.29 is 9.72 Å². The maximum atomic E-state index is 10.8. The Morgan fingerprint density at radius 1 is 1.67 bits per heavy atom. The van der Waals surface area contributed by atoms with Crippen molar-refractivity contribution in [2.45, 2.75) is 16.9 Å². The molecule has 2 rings (SSSR count). The summed E-state index contributed by atoms with van der Waals surface area (Å²) in [4.78, 5) is 28.1. The van der Waals surface area contributed by atoms with Crippen molar-refractivity contribution in [1.29, 1.82) is 0 Å². The Morgan fingerprint density at radius 3 is 3.00 bits per heavy atom. The quantitative estimate of drug-likeness (QED) is 0.513. The molecule has 2 heterocycles. The van der Waals surface area contributed by atoms with Crippen molar-refractivity contribution in [3.8, 4) is 0 Å². The molecule has 0 unspecified atom stereocenters. The zero-order valence-corrected chi connectivity index (χ0v) is 9.49. The van der Waals surface area contributed by atoms with Gasteiger partial charge in [0.1, 0.15) is 12.9 Å². The number of aromatic amines is 1. The molecule has 0 fully saturated rings. The van der Waals surface area contributed by atoms with Crippen LogP contribution in [0.15, 0.2) is 16.6 Å². The first-order valence-electron chi connectivity index (χ1n) is 4.47. The van der Waals surface area contributed by atoms with E-state index in [1.54, 1.807) is 0 Å². The van der Waals surface area contributed by atoms with Gasteiger partial charge in [-0.05, 0) is 9.91 Å². The molecule has 18 heavy (non-hydrogen) atoms. The summed E-state index contributed by atoms with van der Waals surface area (Å²) < 4.78 is 1.04. The Kier molecular flexibility index (Phi) is 3.18. The molecule has 0 aliphatic heterocycles. The number of carbonyl (C=O) groups excluding carboxylic acids is 1. The second-order valence-corrected chi connectivity index (χ2v) is 3.92. The maximum Gasteiger partial charge on any atom is 0.492 e. The predicted octanol–water partition coefficient (Wildman–Crippen LogP) is -1.06. The van der Waals surface area contributed by atoms with Crippen molar-refractivity contribution in [3.05, 3.63) is 16.4 Å². The number of H-pyrrole nitrogens is 1. The van der Waals surface area contributed by atoms with Crippen molar-refractivity contribution in [2.75, 3.05) is 0 Å². The first kappa shape index (κ1) is 12.0. The molecule has 94 valence electrons. The highest BCUT2D eigenvalue weighted by atomic mass is 32.2. The average molecular weight is 270 g/mol. The molecule has 0 spiro atoms. The third-order valence-corrected chi connectivity index (χ3v) is 2.55. The topological polar surface area (TPSA) is 159 Å². The summed E-state index contributed by atoms with van der Waals surface area (Å²) in [5.41, 5.74) is 5.01. The smallest absolute Gasteiger partial charge is 0.390 e. The normalized spacial score (nSPS) is 10.4. The van der Waals surface area contributed by atoms with Gasteiger partial charge >= 0.3 is 5.95 Å². The molecule has 2 aromatic rings. The second-order valence-electron chi connectivity index (χ2n) is 2.97. The van der Waals surface area contributed by atoms with Gasteiger partial charge < -0.3 is 15.8 Å². The summed E-state index contributed by atoms with van der Waals surface area (Å²) in [7, 11) is 0. The van der Waals surface area contributed by atoms with Gasteiger partial charge in [-0.3, -0.25) is 9.89 Å². The van der Waals surface area contributed by atoms with E-state index >= 15 is 0 Å². The lowest BCUT2D eigenvalue weighted by Crippen LogP contribution is -2.20. The number of nitrogens with zero attached hydrogens (tertiary/aromatic N) is 6. The number of rotatable bonds is 5. The van der Waals surface area contributed by atoms with Gasteiger partial charge in [-0.2, -0.15) is 9.78 Å². The number of hydrogen-bond donors (Lipinski definition) is 2. The van der Waals surface area contributed by atoms with Crippen LogP contribution in [0.1, 0.15) is 0 Å². The van der Waals surface area contributed by atoms with Crippen LogP contribution in [0.5, 0.6) is 0 Å². The van der Waals surface area contributed by atoms with Crippen molar-refractivity contribution in [2.24, 2.45) is 5.73 Å². The van der Waals surface area contributed by atoms with E-state index in [0.717, 1.165) is 16.4 Å². The van der Waals surface area contributed by atoms with Gasteiger partial charge in [0.25, 0.3) is 5.16 Å². The van der Waals surface area contributed by atoms with Crippen molar-refractivity contribution in [3.63, 3.8) is 0 Å². The van der Waals surface area contributed by atoms with Gasteiger partial charge in [0.05, 0.1) is 0 Å². The van der Waals surface area contributed by atoms with Gasteiger partial charge in [-0.15, -0.1) is 0 Å². The van der Waals surface area contributed by atoms with Crippen LogP contribution >= 0.6 is 11.8 Å². The predicted molar refractivity (Wildman–Crippen MR) is 56.4 cm³/mol. The largest absolute Gasteiger partial charge is 0.492 e. The van der Waals surface area contributed by atoms with Crippen LogP contribution in [0.3, 0.4) is 0 Å². The minimum atomic E-state index is -0.762. The minimum absolute atomic E-state index is 0.122. The number of primary amides is 1. The number of nitrogens with two attached hydrogens (primary N) is 1. The van der Waals surface area contributed by atoms with Gasteiger partial charge in [-0.1, -0.05) is 0 Å². The molecule has 0 aromatic carbocycles. The molecule has 0 radical (unpaired) electrons. The van der Waals surface area contributed by atoms with Gasteiger partial charge in [0.2, 0.25) is 5.91 Å². The molecule has 0 saturated heterocycles. The first-order valence-corrected chi connectivity index (χ1v) is 5.28. The average Bonchev–Trinajstić information content (AvgIpc) is 2.89. The van der Waals surface area contributed by atoms with Crippen LogP contribution in [-0.4, -0.2) is 40.8 Å². The summed E-state index contributed by atoms with van der Waals surface area (Å²) in [5.74, 6) is -1.30. The highest BCUT2D eigenvalue weighted by molar-refractivity contribution is 7.99. The van der Waals surface area contributed by atoms with E-state index in [1.807, 2.05) is 0 Å². The lowest BCUT2D eigenvalue weighted by atomic mass is 10.6. The molecule has 0 bridgehead atoms. The van der Waals surface area contributed by atoms with E-state index in [1.165, 1.54) is 6.33 Å². The lowest BCUT2D eigenvalue weighted by molar-refractivity contribution is -0.394. The molecular formula is C6H6N8O3S. The van der Waals surface area contributed by atoms with Crippen LogP contribution < -0.4 is 5.73 Å². The van der Waals surface area contributed by atoms with E-state index in [9.17, 15) is 14.9 Å². The Labute approximate surface area is 103 Å². The zero-order chi connectivity index (χ0) is 13.1. The number of aromatic nitrogens is 6. The number of nitrogens with one attached hydrogen (secondary N) is 1. The number of carbonyl (C=O) groups is 1. The van der Waals surface area contributed by atoms with Crippen LogP contribution in [-0.2, 0) is 11.3 Å². The van der Waals surface area contributed by atoms with Gasteiger partial charge in [0, 0.05) is 16.9 Å². The molecule has 0 aliphatic rings. The van der Waals surface area contributed by atoms with E-state index < -0.39 is 16.8 Å². The Hall–Kier alpha value is -2.50. The van der Waals surface area contributed by atoms with E-state index in [4.69, 9.17) is 5.73 Å². The SMILES string of the molecule is NC(=O)Cn1nc([N+](=O)[O-])nc1Sc1ncn[nH]1. The Morgan fingerprint density at radius 2 is 2.44 bits per heavy atom. The summed E-state index contributed by atoms with van der Waals surface area (Å²) in [6.07, 6.45) is 1.27. The highest BCUT2D eigenvalue weighted by Crippen LogP contribution is 2.23. The molecule has 0 atom stereocenters. The molecule has 0 aliphatic carbocycles. The molecule has 0 saturated carbocycles. The van der Waals surface area contributed by atoms with E-state index in [-0.39, 0.29) is 11.7 Å². The third-order valence-electron chi connectivity index (χ3n) is 1.68. The summed E-state index contributed by atoms with van der Waals surface area (Å²) >= 11 is 0.949. The zero-order valence-electron chi connectivity index (χ0n) is 8.68. The second kappa shape index (κ2) is 4.79. The van der Waals surface area contributed by atoms with Crippen LogP contribution in [0, 0.1) is 10.1 Å². The highest BCUT2D eigenvalue weighted by Gasteiger charge is 2.24. The standard InChI is InChI=1S/C6H6N8O3S/c7-3(15)1-13-6(10-4(12-13)14(16)17)18-5-8-2-9-11-5/h2H,1H2,(H2,7,15)(H,8,9,11). The number of nitro groups is 1. The van der Waals surface area contributed by atoms with E-state index in [2.05, 4.69) is 25.3 Å². The lowest BCUT2D eigenvalue weighted by Gasteiger charge is -1.94. The molecule has 12 heteroatoms. The van der Waals surface area contributed by atoms with Crippen molar-refractivity contribution in [1.82, 2.24) is 29.9 Å². The summed E-state index contributed by atoms with van der Waals surface area (Å²) in [6.45, 7) is -0.308. The first-order chi connectivity index (χ1) is 8.56. The fraction of sp³-hybridized carbons (Fsp3) is 0.167. The van der Waals surface area contributed by atoms with E-state index in [0.29, 0.717) is 5.16 Å². The third kappa shape index (κ3) is 2.60. The van der Waals surface area contributed by atoms with Crippen LogP contribution in [0.2, 0.25) is 0 Å². The number of amides is 1. The molecule has 2 aromatic heterocycles. The fourth-order valence-electron chi connectivity index (χ4n) is 1.05. The van der Waals surface area contributed by atoms with Gasteiger partial charge in [0.15, 0.2) is 5.16 Å². The minimum Gasteiger partial charge on any atom is -0.390 e. The Balaban J connectivity index is 2.31. The van der Waals surface area contributed by atoms with Crippen LogP contribution in [0.25, 0.3) is 0 Å². The number of hydrogen-bond acceptors (Lipinski definition) is 8. The molecular weight excluding hydrogens is 264 g/mol. The summed E-state index contributed by atoms with van der Waals surface area (Å²) in [5, 5.41) is 20.8. The van der Waals surface area contributed by atoms with Gasteiger partial charge in [-0.25, -0.2) is 4.98 Å². The fourth-order valence-corrected chi connectivity index (χ4v) is 1.76. The monoisotopic (exact) mass is 270 g/mol.